The molecule has 1 heterocycles. The molecule has 1 aromatic heterocycles. The molecule has 0 aliphatic rings. The first-order chi connectivity index (χ1) is 9.89. The maximum Gasteiger partial charge on any atom is 0.262 e. The van der Waals surface area contributed by atoms with Crippen LogP contribution in [0.5, 0.6) is 0 Å². The summed E-state index contributed by atoms with van der Waals surface area (Å²) in [5, 5.41) is 4.16. The van der Waals surface area contributed by atoms with Crippen molar-refractivity contribution in [2.45, 2.75) is 24.8 Å². The van der Waals surface area contributed by atoms with Crippen LogP contribution in [-0.2, 0) is 30.0 Å². The summed E-state index contributed by atoms with van der Waals surface area (Å²) in [6, 6.07) is 3.85. The monoisotopic (exact) mass is 312 g/mol. The molecular weight excluding hydrogens is 295 g/mol. The van der Waals surface area contributed by atoms with Gasteiger partial charge in [0.2, 0.25) is 0 Å². The maximum atomic E-state index is 13.7. The standard InChI is InChI=1S/C13H17FN4O2S/c1-3-11-12(8-18(2)16-11)17-21(19,20)13-6-4-5-10(14)9(13)7-15/h4-6,8,17H,3,7,15H2,1-2H3. The van der Waals surface area contributed by atoms with Crippen LogP contribution >= 0.6 is 0 Å². The third kappa shape index (κ3) is 3.06. The third-order valence-corrected chi connectivity index (χ3v) is 4.50. The molecule has 114 valence electrons. The third-order valence-electron chi connectivity index (χ3n) is 3.05. The first-order valence-corrected chi connectivity index (χ1v) is 7.90. The lowest BCUT2D eigenvalue weighted by Gasteiger charge is -2.11. The smallest absolute Gasteiger partial charge is 0.262 e. The Morgan fingerprint density at radius 3 is 2.76 bits per heavy atom. The van der Waals surface area contributed by atoms with Crippen molar-refractivity contribution in [2.75, 3.05) is 4.72 Å². The van der Waals surface area contributed by atoms with Gasteiger partial charge in [0.25, 0.3) is 10.0 Å². The van der Waals surface area contributed by atoms with Crippen LogP contribution in [0.3, 0.4) is 0 Å². The van der Waals surface area contributed by atoms with Crippen molar-refractivity contribution in [3.63, 3.8) is 0 Å². The first-order valence-electron chi connectivity index (χ1n) is 6.41. The summed E-state index contributed by atoms with van der Waals surface area (Å²) < 4.78 is 42.5. The van der Waals surface area contributed by atoms with Gasteiger partial charge in [0.1, 0.15) is 5.82 Å². The van der Waals surface area contributed by atoms with Gasteiger partial charge in [-0.1, -0.05) is 13.0 Å². The molecule has 6 nitrogen and oxygen atoms in total. The van der Waals surface area contributed by atoms with E-state index < -0.39 is 15.8 Å². The minimum atomic E-state index is -3.92. The average Bonchev–Trinajstić information content (AvgIpc) is 2.77. The largest absolute Gasteiger partial charge is 0.326 e. The van der Waals surface area contributed by atoms with Crippen LogP contribution in [0.25, 0.3) is 0 Å². The van der Waals surface area contributed by atoms with Crippen LogP contribution in [0.4, 0.5) is 10.1 Å². The normalized spacial score (nSPS) is 11.6. The van der Waals surface area contributed by atoms with E-state index >= 15 is 0 Å². The SMILES string of the molecule is CCc1nn(C)cc1NS(=O)(=O)c1cccc(F)c1CN. The number of rotatable bonds is 5. The van der Waals surface area contributed by atoms with Crippen molar-refractivity contribution in [3.8, 4) is 0 Å². The molecule has 0 atom stereocenters. The fourth-order valence-corrected chi connectivity index (χ4v) is 3.40. The summed E-state index contributed by atoms with van der Waals surface area (Å²) in [5.74, 6) is -0.637. The Labute approximate surface area is 122 Å². The Kier molecular flexibility index (Phi) is 4.29. The van der Waals surface area contributed by atoms with Gasteiger partial charge in [-0.2, -0.15) is 5.10 Å². The van der Waals surface area contributed by atoms with E-state index in [0.717, 1.165) is 0 Å². The van der Waals surface area contributed by atoms with Gasteiger partial charge in [0.15, 0.2) is 0 Å². The van der Waals surface area contributed by atoms with E-state index in [0.29, 0.717) is 17.8 Å². The highest BCUT2D eigenvalue weighted by Crippen LogP contribution is 2.23. The lowest BCUT2D eigenvalue weighted by molar-refractivity contribution is 0.585. The lowest BCUT2D eigenvalue weighted by Crippen LogP contribution is -2.17. The fourth-order valence-electron chi connectivity index (χ4n) is 2.07. The molecule has 8 heteroatoms. The fraction of sp³-hybridized carbons (Fsp3) is 0.308. The predicted molar refractivity (Wildman–Crippen MR) is 77.7 cm³/mol. The van der Waals surface area contributed by atoms with E-state index in [9.17, 15) is 12.8 Å². The number of aromatic nitrogens is 2. The van der Waals surface area contributed by atoms with Gasteiger partial charge < -0.3 is 5.73 Å². The quantitative estimate of drug-likeness (QED) is 0.873. The Morgan fingerprint density at radius 1 is 1.43 bits per heavy atom. The molecule has 0 radical (unpaired) electrons. The van der Waals surface area contributed by atoms with Crippen LogP contribution in [-0.4, -0.2) is 18.2 Å². The molecule has 0 aliphatic carbocycles. The molecule has 0 fully saturated rings. The summed E-state index contributed by atoms with van der Waals surface area (Å²) >= 11 is 0. The molecule has 2 rings (SSSR count). The van der Waals surface area contributed by atoms with Crippen LogP contribution in [0, 0.1) is 5.82 Å². The minimum absolute atomic E-state index is 0.0352. The van der Waals surface area contributed by atoms with Crippen molar-refractivity contribution in [3.05, 3.63) is 41.5 Å². The van der Waals surface area contributed by atoms with Crippen LogP contribution in [0.2, 0.25) is 0 Å². The number of nitrogens with two attached hydrogens (primary N) is 1. The average molecular weight is 312 g/mol. The van der Waals surface area contributed by atoms with Crippen molar-refractivity contribution in [1.29, 1.82) is 0 Å². The zero-order chi connectivity index (χ0) is 15.6. The van der Waals surface area contributed by atoms with E-state index in [-0.39, 0.29) is 17.0 Å². The topological polar surface area (TPSA) is 90.0 Å². The zero-order valence-corrected chi connectivity index (χ0v) is 12.6. The molecule has 0 unspecified atom stereocenters. The van der Waals surface area contributed by atoms with Crippen molar-refractivity contribution in [2.24, 2.45) is 12.8 Å². The Balaban J connectivity index is 2.46. The molecule has 0 saturated carbocycles. The second-order valence-corrected chi connectivity index (χ2v) is 6.19. The molecule has 2 aromatic rings. The molecule has 0 aliphatic heterocycles. The van der Waals surface area contributed by atoms with Crippen LogP contribution < -0.4 is 10.5 Å². The summed E-state index contributed by atoms with van der Waals surface area (Å²) in [7, 11) is -2.22. The number of nitrogens with zero attached hydrogens (tertiary/aromatic N) is 2. The number of nitrogens with one attached hydrogen (secondary N) is 1. The minimum Gasteiger partial charge on any atom is -0.326 e. The highest BCUT2D eigenvalue weighted by atomic mass is 32.2. The van der Waals surface area contributed by atoms with Crippen LogP contribution in [0.15, 0.2) is 29.3 Å². The van der Waals surface area contributed by atoms with Gasteiger partial charge in [0.05, 0.1) is 16.3 Å². The number of anilines is 1. The first kappa shape index (κ1) is 15.5. The number of sulfonamides is 1. The summed E-state index contributed by atoms with van der Waals surface area (Å²) in [5.41, 5.74) is 6.42. The highest BCUT2D eigenvalue weighted by molar-refractivity contribution is 7.92. The number of aryl methyl sites for hydroxylation is 2. The maximum absolute atomic E-state index is 13.7. The number of hydrogen-bond acceptors (Lipinski definition) is 4. The second kappa shape index (κ2) is 5.82. The van der Waals surface area contributed by atoms with Gasteiger partial charge >= 0.3 is 0 Å². The van der Waals surface area contributed by atoms with Crippen molar-refractivity contribution < 1.29 is 12.8 Å². The predicted octanol–water partition coefficient (Wildman–Crippen LogP) is 1.38. The van der Waals surface area contributed by atoms with E-state index in [4.69, 9.17) is 5.73 Å². The van der Waals surface area contributed by atoms with Crippen molar-refractivity contribution in [1.82, 2.24) is 9.78 Å². The summed E-state index contributed by atoms with van der Waals surface area (Å²) in [4.78, 5) is -0.157. The van der Waals surface area contributed by atoms with E-state index in [1.165, 1.54) is 22.9 Å². The van der Waals surface area contributed by atoms with Gasteiger partial charge in [-0.05, 0) is 18.6 Å². The molecular formula is C13H17FN4O2S. The van der Waals surface area contributed by atoms with E-state index in [2.05, 4.69) is 9.82 Å². The van der Waals surface area contributed by atoms with Crippen molar-refractivity contribution >= 4 is 15.7 Å². The number of benzene rings is 1. The molecule has 0 saturated heterocycles. The van der Waals surface area contributed by atoms with Crippen LogP contribution in [0.1, 0.15) is 18.2 Å². The Morgan fingerprint density at radius 2 is 2.14 bits per heavy atom. The number of hydrogen-bond donors (Lipinski definition) is 2. The highest BCUT2D eigenvalue weighted by Gasteiger charge is 2.22. The summed E-state index contributed by atoms with van der Waals surface area (Å²) in [6.45, 7) is 1.67. The molecule has 0 spiro atoms. The molecule has 0 amide bonds. The lowest BCUT2D eigenvalue weighted by atomic mass is 10.2. The zero-order valence-electron chi connectivity index (χ0n) is 11.8. The van der Waals surface area contributed by atoms with Gasteiger partial charge in [-0.25, -0.2) is 12.8 Å². The Bertz CT molecular complexity index is 756. The molecule has 0 bridgehead atoms. The molecule has 21 heavy (non-hydrogen) atoms. The summed E-state index contributed by atoms with van der Waals surface area (Å²) in [6.07, 6.45) is 2.14. The van der Waals surface area contributed by atoms with Gasteiger partial charge in [0, 0.05) is 25.4 Å². The van der Waals surface area contributed by atoms with Gasteiger partial charge in [-0.3, -0.25) is 9.40 Å². The second-order valence-electron chi connectivity index (χ2n) is 4.54. The van der Waals surface area contributed by atoms with E-state index in [1.54, 1.807) is 13.2 Å². The molecule has 1 aromatic carbocycles. The molecule has 3 N–H and O–H groups in total. The van der Waals surface area contributed by atoms with E-state index in [1.807, 2.05) is 6.92 Å². The Hall–Kier alpha value is -1.93. The number of halogens is 1. The van der Waals surface area contributed by atoms with Gasteiger partial charge in [-0.15, -0.1) is 0 Å².